The minimum Gasteiger partial charge on any atom is 0 e. The van der Waals surface area contributed by atoms with Crippen molar-refractivity contribution in [3.05, 3.63) is 0 Å². The third kappa shape index (κ3) is 8.93. The van der Waals surface area contributed by atoms with Crippen molar-refractivity contribution in [3.8, 4) is 0 Å². The molecule has 0 bridgehead atoms. The molecule has 0 fully saturated rings. The molecule has 3 radical (unpaired) electrons. The Bertz CT molecular complexity index is 8.00. The standard InChI is InChI=1S/Cu.La.Mn.Zr. The Labute approximate surface area is 93.9 Å². The van der Waals surface area contributed by atoms with Crippen LogP contribution in [-0.4, -0.2) is 0 Å². The Morgan fingerprint density at radius 3 is 1.00 bits per heavy atom. The number of hydrogen-bond donors (Lipinski definition) is 0. The summed E-state index contributed by atoms with van der Waals surface area (Å²) in [5.41, 5.74) is 0. The molecule has 0 amide bonds. The molecule has 0 atom stereocenters. The summed E-state index contributed by atoms with van der Waals surface area (Å²) in [5.74, 6) is 0. The van der Waals surface area contributed by atoms with Crippen molar-refractivity contribution in [2.24, 2.45) is 0 Å². The molecule has 0 aromatic rings. The van der Waals surface area contributed by atoms with Crippen LogP contribution >= 0.6 is 0 Å². The van der Waals surface area contributed by atoms with Crippen LogP contribution in [0.3, 0.4) is 0 Å². The van der Waals surface area contributed by atoms with Gasteiger partial charge >= 0.3 is 0 Å². The Kier molecular flexibility index (Phi) is 113. The molecule has 0 nitrogen and oxygen atoms in total. The van der Waals surface area contributed by atoms with Gasteiger partial charge in [0.05, 0.1) is 0 Å². The normalized spacial score (nSPS) is 0. The van der Waals surface area contributed by atoms with Gasteiger partial charge < -0.3 is 0 Å². The van der Waals surface area contributed by atoms with Crippen molar-refractivity contribution in [2.45, 2.75) is 0 Å². The van der Waals surface area contributed by atoms with E-state index in [-0.39, 0.29) is 95.9 Å². The van der Waals surface area contributed by atoms with Crippen molar-refractivity contribution in [2.75, 3.05) is 0 Å². The summed E-state index contributed by atoms with van der Waals surface area (Å²) in [6.45, 7) is 0. The van der Waals surface area contributed by atoms with Gasteiger partial charge in [-0.15, -0.1) is 0 Å². The minimum atomic E-state index is 0. The second-order valence-electron chi connectivity index (χ2n) is 0. The van der Waals surface area contributed by atoms with Crippen LogP contribution in [0.1, 0.15) is 0 Å². The second-order valence-corrected chi connectivity index (χ2v) is 0. The fourth-order valence-corrected chi connectivity index (χ4v) is 0. The Morgan fingerprint density at radius 2 is 1.00 bits per heavy atom. The summed E-state index contributed by atoms with van der Waals surface area (Å²) in [4.78, 5) is 0. The third-order valence-corrected chi connectivity index (χ3v) is 0. The van der Waals surface area contributed by atoms with Gasteiger partial charge in [0, 0.05) is 95.9 Å². The van der Waals surface area contributed by atoms with Gasteiger partial charge in [-0.1, -0.05) is 0 Å². The SMILES string of the molecule is [Cu].[La].[Mn].[Zr]. The number of hydrogen-bond acceptors (Lipinski definition) is 0. The molecule has 0 rings (SSSR count). The predicted molar refractivity (Wildman–Crippen MR) is 0 cm³/mol. The summed E-state index contributed by atoms with van der Waals surface area (Å²) in [5, 5.41) is 0. The average Bonchev–Trinajstić information content (AvgIpc) is 0. The molecule has 0 saturated heterocycles. The zero-order chi connectivity index (χ0) is 0. The van der Waals surface area contributed by atoms with E-state index in [2.05, 4.69) is 0 Å². The predicted octanol–water partition coefficient (Wildman–Crippen LogP) is -0.00750. The maximum atomic E-state index is 0. The van der Waals surface area contributed by atoms with E-state index in [0.717, 1.165) is 0 Å². The zero-order valence-electron chi connectivity index (χ0n) is 1.76. The first kappa shape index (κ1) is 27.4. The third-order valence-electron chi connectivity index (χ3n) is 0. The van der Waals surface area contributed by atoms with Crippen molar-refractivity contribution < 1.29 is 95.9 Å². The van der Waals surface area contributed by atoms with Crippen LogP contribution in [0.15, 0.2) is 0 Å². The summed E-state index contributed by atoms with van der Waals surface area (Å²) in [6.07, 6.45) is 0. The van der Waals surface area contributed by atoms with E-state index in [1.165, 1.54) is 0 Å². The van der Waals surface area contributed by atoms with Crippen LogP contribution in [0.4, 0.5) is 0 Å². The fraction of sp³-hybridized carbons (Fsp3) is 0. The summed E-state index contributed by atoms with van der Waals surface area (Å²) in [6, 6.07) is 0. The molecule has 0 heterocycles. The maximum absolute atomic E-state index is 0. The van der Waals surface area contributed by atoms with Crippen molar-refractivity contribution in [1.29, 1.82) is 0 Å². The van der Waals surface area contributed by atoms with Crippen LogP contribution in [-0.2, 0) is 60.3 Å². The quantitative estimate of drug-likeness (QED) is 0.540. The monoisotopic (exact) mass is 347 g/mol. The van der Waals surface area contributed by atoms with Crippen molar-refractivity contribution >= 4 is 0 Å². The van der Waals surface area contributed by atoms with E-state index < -0.39 is 0 Å². The van der Waals surface area contributed by atoms with Crippen LogP contribution in [0.2, 0.25) is 0 Å². The summed E-state index contributed by atoms with van der Waals surface area (Å²) in [7, 11) is 0. The van der Waals surface area contributed by atoms with Gasteiger partial charge in [0.2, 0.25) is 0 Å². The van der Waals surface area contributed by atoms with E-state index in [4.69, 9.17) is 0 Å². The molecule has 0 aliphatic carbocycles. The molecule has 0 N–H and O–H groups in total. The van der Waals surface area contributed by atoms with E-state index in [0.29, 0.717) is 0 Å². The molecule has 4 heavy (non-hydrogen) atoms. The van der Waals surface area contributed by atoms with Crippen LogP contribution in [0, 0.1) is 35.6 Å². The average molecular weight is 349 g/mol. The van der Waals surface area contributed by atoms with Gasteiger partial charge in [-0.3, -0.25) is 0 Å². The Morgan fingerprint density at radius 1 is 1.00 bits per heavy atom. The first-order valence-electron chi connectivity index (χ1n) is 0. The zero-order valence-corrected chi connectivity index (χ0v) is 9.96. The smallest absolute Gasteiger partial charge is 0 e. The first-order chi connectivity index (χ1) is 0. The minimum absolute atomic E-state index is 0. The van der Waals surface area contributed by atoms with E-state index in [1.807, 2.05) is 0 Å². The van der Waals surface area contributed by atoms with Gasteiger partial charge in [0.1, 0.15) is 0 Å². The topological polar surface area (TPSA) is 0 Å². The van der Waals surface area contributed by atoms with Crippen LogP contribution in [0.25, 0.3) is 0 Å². The summed E-state index contributed by atoms with van der Waals surface area (Å²) >= 11 is 0. The Hall–Kier alpha value is 3.12. The van der Waals surface area contributed by atoms with Gasteiger partial charge in [0.15, 0.2) is 0 Å². The van der Waals surface area contributed by atoms with Crippen molar-refractivity contribution in [3.63, 3.8) is 0 Å². The molecule has 0 unspecified atom stereocenters. The molecule has 0 spiro atoms. The molecular weight excluding hydrogens is 349 g/mol. The Balaban J connectivity index is 0. The number of rotatable bonds is 0. The van der Waals surface area contributed by atoms with Gasteiger partial charge in [-0.05, 0) is 0 Å². The largest absolute Gasteiger partial charge is 0 e. The van der Waals surface area contributed by atoms with Gasteiger partial charge in [-0.25, -0.2) is 0 Å². The van der Waals surface area contributed by atoms with Gasteiger partial charge in [0.25, 0.3) is 0 Å². The maximum Gasteiger partial charge on any atom is 0 e. The van der Waals surface area contributed by atoms with E-state index in [9.17, 15) is 0 Å². The van der Waals surface area contributed by atoms with Crippen molar-refractivity contribution in [1.82, 2.24) is 0 Å². The summed E-state index contributed by atoms with van der Waals surface area (Å²) < 4.78 is 0. The van der Waals surface area contributed by atoms with Gasteiger partial charge in [-0.2, -0.15) is 0 Å². The van der Waals surface area contributed by atoms with Crippen LogP contribution < -0.4 is 0 Å². The van der Waals surface area contributed by atoms with E-state index >= 15 is 0 Å². The molecule has 0 aromatic heterocycles. The molecule has 0 saturated carbocycles. The van der Waals surface area contributed by atoms with Crippen LogP contribution in [0.5, 0.6) is 0 Å². The molecule has 0 aliphatic rings. The molecule has 0 aromatic carbocycles. The van der Waals surface area contributed by atoms with E-state index in [1.54, 1.807) is 0 Å². The molecule has 25 valence electrons. The molecule has 0 aliphatic heterocycles. The second kappa shape index (κ2) is 16.5. The molecular formula is CuLaMnZr. The molecule has 4 heteroatoms. The fourth-order valence-electron chi connectivity index (χ4n) is 0. The first-order valence-corrected chi connectivity index (χ1v) is 0.